The van der Waals surface area contributed by atoms with Gasteiger partial charge < -0.3 is 9.32 Å². The predicted octanol–water partition coefficient (Wildman–Crippen LogP) is 3.92. The van der Waals surface area contributed by atoms with Gasteiger partial charge in [0.1, 0.15) is 11.5 Å². The lowest BCUT2D eigenvalue weighted by atomic mass is 10.2. The lowest BCUT2D eigenvalue weighted by Gasteiger charge is -2.15. The Morgan fingerprint density at radius 3 is 2.57 bits per heavy atom. The van der Waals surface area contributed by atoms with E-state index in [0.717, 1.165) is 11.5 Å². The van der Waals surface area contributed by atoms with E-state index in [4.69, 9.17) is 16.0 Å². The summed E-state index contributed by atoms with van der Waals surface area (Å²) in [5.41, 5.74) is 0. The van der Waals surface area contributed by atoms with Gasteiger partial charge in [-0.25, -0.2) is 0 Å². The van der Waals surface area contributed by atoms with Gasteiger partial charge in [-0.2, -0.15) is 0 Å². The van der Waals surface area contributed by atoms with Crippen LogP contribution in [-0.2, 0) is 11.3 Å². The molecular formula is C15H16ClNO3S. The van der Waals surface area contributed by atoms with E-state index in [9.17, 15) is 9.59 Å². The monoisotopic (exact) mass is 325 g/mol. The Bertz CT molecular complexity index is 647. The minimum atomic E-state index is -0.0833. The van der Waals surface area contributed by atoms with E-state index < -0.39 is 0 Å². The van der Waals surface area contributed by atoms with Gasteiger partial charge in [0.05, 0.1) is 15.8 Å². The summed E-state index contributed by atoms with van der Waals surface area (Å²) in [6, 6.07) is 7.08. The van der Waals surface area contributed by atoms with Crippen LogP contribution < -0.4 is 0 Å². The first-order valence-electron chi connectivity index (χ1n) is 6.53. The van der Waals surface area contributed by atoms with Crippen molar-refractivity contribution >= 4 is 34.6 Å². The molecule has 0 N–H and O–H groups in total. The van der Waals surface area contributed by atoms with Crippen LogP contribution in [0.1, 0.15) is 34.0 Å². The van der Waals surface area contributed by atoms with E-state index in [2.05, 4.69) is 0 Å². The van der Waals surface area contributed by atoms with Gasteiger partial charge in [0.15, 0.2) is 5.78 Å². The van der Waals surface area contributed by atoms with Crippen LogP contribution in [-0.4, -0.2) is 23.6 Å². The minimum absolute atomic E-state index is 0.0532. The fourth-order valence-corrected chi connectivity index (χ4v) is 2.90. The number of carbonyl (C=O) groups is 2. The summed E-state index contributed by atoms with van der Waals surface area (Å²) < 4.78 is 6.01. The zero-order valence-electron chi connectivity index (χ0n) is 11.9. The average molecular weight is 326 g/mol. The van der Waals surface area contributed by atoms with Crippen molar-refractivity contribution in [2.45, 2.75) is 26.3 Å². The lowest BCUT2D eigenvalue weighted by molar-refractivity contribution is -0.130. The molecule has 0 aliphatic carbocycles. The molecular weight excluding hydrogens is 310 g/mol. The molecule has 0 saturated carbocycles. The molecule has 1 amide bonds. The van der Waals surface area contributed by atoms with Crippen molar-refractivity contribution in [3.05, 3.63) is 45.0 Å². The molecule has 0 unspecified atom stereocenters. The average Bonchev–Trinajstić information content (AvgIpc) is 3.04. The van der Waals surface area contributed by atoms with Crippen LogP contribution in [0, 0.1) is 6.92 Å². The Morgan fingerprint density at radius 2 is 2.00 bits per heavy atom. The molecule has 112 valence electrons. The Kier molecular flexibility index (Phi) is 5.20. The maximum atomic E-state index is 12.0. The van der Waals surface area contributed by atoms with Gasteiger partial charge >= 0.3 is 0 Å². The van der Waals surface area contributed by atoms with Crippen molar-refractivity contribution in [1.29, 1.82) is 0 Å². The summed E-state index contributed by atoms with van der Waals surface area (Å²) in [5, 5.41) is 0. The number of aryl methyl sites for hydroxylation is 1. The molecule has 0 fully saturated rings. The first kappa shape index (κ1) is 15.8. The van der Waals surface area contributed by atoms with Crippen LogP contribution in [0.15, 0.2) is 28.7 Å². The van der Waals surface area contributed by atoms with Crippen LogP contribution >= 0.6 is 22.9 Å². The maximum absolute atomic E-state index is 12.0. The number of nitrogens with zero attached hydrogens (tertiary/aromatic N) is 1. The molecule has 2 heterocycles. The Morgan fingerprint density at radius 1 is 1.24 bits per heavy atom. The van der Waals surface area contributed by atoms with Crippen molar-refractivity contribution < 1.29 is 14.0 Å². The summed E-state index contributed by atoms with van der Waals surface area (Å²) in [6.45, 7) is 2.27. The van der Waals surface area contributed by atoms with Gasteiger partial charge in [0.2, 0.25) is 5.91 Å². The number of hydrogen-bond acceptors (Lipinski definition) is 4. The van der Waals surface area contributed by atoms with E-state index in [0.29, 0.717) is 15.8 Å². The number of thiophene rings is 1. The van der Waals surface area contributed by atoms with Crippen LogP contribution in [0.3, 0.4) is 0 Å². The molecule has 0 atom stereocenters. The van der Waals surface area contributed by atoms with Crippen LogP contribution in [0.4, 0.5) is 0 Å². The molecule has 2 aromatic heterocycles. The number of halogens is 1. The number of carbonyl (C=O) groups excluding carboxylic acids is 2. The summed E-state index contributed by atoms with van der Waals surface area (Å²) in [7, 11) is 1.70. The standard InChI is InChI=1S/C15H16ClNO3S/c1-10-3-4-11(20-10)9-17(2)15(19)8-5-12(18)13-6-7-14(16)21-13/h3-4,6-7H,5,8-9H2,1-2H3. The molecule has 6 heteroatoms. The molecule has 0 radical (unpaired) electrons. The molecule has 21 heavy (non-hydrogen) atoms. The highest BCUT2D eigenvalue weighted by atomic mass is 35.5. The number of furan rings is 1. The third-order valence-electron chi connectivity index (χ3n) is 3.03. The number of amides is 1. The van der Waals surface area contributed by atoms with Crippen molar-refractivity contribution in [1.82, 2.24) is 4.90 Å². The van der Waals surface area contributed by atoms with E-state index >= 15 is 0 Å². The van der Waals surface area contributed by atoms with Crippen molar-refractivity contribution in [3.63, 3.8) is 0 Å². The predicted molar refractivity (Wildman–Crippen MR) is 82.8 cm³/mol. The highest BCUT2D eigenvalue weighted by Gasteiger charge is 2.15. The highest BCUT2D eigenvalue weighted by molar-refractivity contribution is 7.18. The summed E-state index contributed by atoms with van der Waals surface area (Å²) in [4.78, 5) is 26.1. The normalized spacial score (nSPS) is 10.6. The van der Waals surface area contributed by atoms with E-state index in [1.807, 2.05) is 19.1 Å². The SMILES string of the molecule is Cc1ccc(CN(C)C(=O)CCC(=O)c2ccc(Cl)s2)o1. The van der Waals surface area contributed by atoms with Gasteiger partial charge in [0, 0.05) is 19.9 Å². The number of hydrogen-bond donors (Lipinski definition) is 0. The second kappa shape index (κ2) is 6.91. The maximum Gasteiger partial charge on any atom is 0.223 e. The zero-order valence-corrected chi connectivity index (χ0v) is 13.5. The highest BCUT2D eigenvalue weighted by Crippen LogP contribution is 2.23. The van der Waals surface area contributed by atoms with Crippen LogP contribution in [0.2, 0.25) is 4.34 Å². The van der Waals surface area contributed by atoms with Gasteiger partial charge in [-0.15, -0.1) is 11.3 Å². The minimum Gasteiger partial charge on any atom is -0.464 e. The van der Waals surface area contributed by atoms with Crippen LogP contribution in [0.5, 0.6) is 0 Å². The molecule has 0 bridgehead atoms. The molecule has 4 nitrogen and oxygen atoms in total. The molecule has 2 aromatic rings. The largest absolute Gasteiger partial charge is 0.464 e. The quantitative estimate of drug-likeness (QED) is 0.756. The smallest absolute Gasteiger partial charge is 0.223 e. The molecule has 0 aliphatic rings. The Hall–Kier alpha value is -1.59. The summed E-state index contributed by atoms with van der Waals surface area (Å²) >= 11 is 7.03. The van der Waals surface area contributed by atoms with Gasteiger partial charge in [-0.3, -0.25) is 9.59 Å². The van der Waals surface area contributed by atoms with E-state index in [1.54, 1.807) is 24.1 Å². The van der Waals surface area contributed by atoms with Crippen LogP contribution in [0.25, 0.3) is 0 Å². The third-order valence-corrected chi connectivity index (χ3v) is 4.30. The lowest BCUT2D eigenvalue weighted by Crippen LogP contribution is -2.26. The molecule has 0 aliphatic heterocycles. The van der Waals surface area contributed by atoms with Gasteiger partial charge in [-0.05, 0) is 31.2 Å². The Balaban J connectivity index is 1.82. The molecule has 2 rings (SSSR count). The summed E-state index contributed by atoms with van der Waals surface area (Å²) in [5.74, 6) is 1.41. The summed E-state index contributed by atoms with van der Waals surface area (Å²) in [6.07, 6.45) is 0.377. The van der Waals surface area contributed by atoms with E-state index in [-0.39, 0.29) is 24.5 Å². The molecule has 0 spiro atoms. The Labute approximate surface area is 132 Å². The first-order valence-corrected chi connectivity index (χ1v) is 7.73. The zero-order chi connectivity index (χ0) is 15.4. The fourth-order valence-electron chi connectivity index (χ4n) is 1.89. The van der Waals surface area contributed by atoms with Crippen molar-refractivity contribution in [2.24, 2.45) is 0 Å². The fraction of sp³-hybridized carbons (Fsp3) is 0.333. The second-order valence-electron chi connectivity index (χ2n) is 4.79. The molecule has 0 aromatic carbocycles. The number of ketones is 1. The van der Waals surface area contributed by atoms with Gasteiger partial charge in [0.25, 0.3) is 0 Å². The second-order valence-corrected chi connectivity index (χ2v) is 6.50. The van der Waals surface area contributed by atoms with E-state index in [1.165, 1.54) is 11.3 Å². The third kappa shape index (κ3) is 4.44. The van der Waals surface area contributed by atoms with Crippen molar-refractivity contribution in [2.75, 3.05) is 7.05 Å². The number of Topliss-reactive ketones (excluding diaryl/α,β-unsaturated/α-hetero) is 1. The topological polar surface area (TPSA) is 50.5 Å². The first-order chi connectivity index (χ1) is 9.95. The molecule has 0 saturated heterocycles. The van der Waals surface area contributed by atoms with Crippen molar-refractivity contribution in [3.8, 4) is 0 Å². The number of rotatable bonds is 6. The van der Waals surface area contributed by atoms with Gasteiger partial charge in [-0.1, -0.05) is 11.6 Å².